The lowest BCUT2D eigenvalue weighted by atomic mass is 10.1. The van der Waals surface area contributed by atoms with Crippen molar-refractivity contribution in [3.8, 4) is 0 Å². The highest BCUT2D eigenvalue weighted by Gasteiger charge is 2.21. The zero-order valence-corrected chi connectivity index (χ0v) is 14.4. The first-order chi connectivity index (χ1) is 10.4. The zero-order chi connectivity index (χ0) is 16.3. The van der Waals surface area contributed by atoms with Gasteiger partial charge >= 0.3 is 0 Å². The standard InChI is InChI=1S/C16H19N3OS2/c1-10-12(3)22-9-14(10)15(20)18-19(16(17)21)11(2)13-7-5-4-6-8-13/h4-9,11H,1-3H3,(H2,17,21)(H,18,20). The van der Waals surface area contributed by atoms with Crippen molar-refractivity contribution >= 4 is 34.6 Å². The number of nitrogens with two attached hydrogens (primary N) is 1. The van der Waals surface area contributed by atoms with E-state index < -0.39 is 0 Å². The van der Waals surface area contributed by atoms with Crippen LogP contribution in [0.1, 0.15) is 39.3 Å². The number of rotatable bonds is 3. The first kappa shape index (κ1) is 16.5. The second-order valence-corrected chi connectivity index (χ2v) is 6.57. The molecule has 0 aliphatic rings. The summed E-state index contributed by atoms with van der Waals surface area (Å²) in [6.45, 7) is 5.88. The first-order valence-corrected chi connectivity index (χ1v) is 8.20. The zero-order valence-electron chi connectivity index (χ0n) is 12.8. The summed E-state index contributed by atoms with van der Waals surface area (Å²) in [5.41, 5.74) is 11.3. The van der Waals surface area contributed by atoms with Gasteiger partial charge in [0, 0.05) is 10.3 Å². The highest BCUT2D eigenvalue weighted by Crippen LogP contribution is 2.22. The van der Waals surface area contributed by atoms with Gasteiger partial charge in [-0.1, -0.05) is 30.3 Å². The molecule has 22 heavy (non-hydrogen) atoms. The van der Waals surface area contributed by atoms with E-state index in [1.54, 1.807) is 11.3 Å². The van der Waals surface area contributed by atoms with Crippen molar-refractivity contribution in [3.05, 3.63) is 57.3 Å². The lowest BCUT2D eigenvalue weighted by Gasteiger charge is -2.30. The maximum atomic E-state index is 12.5. The summed E-state index contributed by atoms with van der Waals surface area (Å²) in [7, 11) is 0. The SMILES string of the molecule is Cc1scc(C(=O)NN(C(N)=S)C(C)c2ccccc2)c1C. The van der Waals surface area contributed by atoms with Gasteiger partial charge in [-0.05, 0) is 44.1 Å². The minimum absolute atomic E-state index is 0.134. The number of aryl methyl sites for hydroxylation is 1. The average molecular weight is 333 g/mol. The Hall–Kier alpha value is -1.92. The Balaban J connectivity index is 2.21. The Morgan fingerprint density at radius 1 is 1.32 bits per heavy atom. The van der Waals surface area contributed by atoms with Crippen molar-refractivity contribution in [1.82, 2.24) is 10.4 Å². The third-order valence-corrected chi connectivity index (χ3v) is 4.87. The number of amides is 1. The number of nitrogens with one attached hydrogen (secondary N) is 1. The highest BCUT2D eigenvalue weighted by molar-refractivity contribution is 7.80. The molecular weight excluding hydrogens is 314 g/mol. The van der Waals surface area contributed by atoms with Crippen LogP contribution in [0.25, 0.3) is 0 Å². The molecule has 4 nitrogen and oxygen atoms in total. The van der Waals surface area contributed by atoms with Gasteiger partial charge in [-0.15, -0.1) is 11.3 Å². The maximum Gasteiger partial charge on any atom is 0.271 e. The summed E-state index contributed by atoms with van der Waals surface area (Å²) < 4.78 is 0. The van der Waals surface area contributed by atoms with Gasteiger partial charge < -0.3 is 5.73 Å². The van der Waals surface area contributed by atoms with E-state index in [0.717, 1.165) is 16.0 Å². The highest BCUT2D eigenvalue weighted by atomic mass is 32.1. The van der Waals surface area contributed by atoms with E-state index in [-0.39, 0.29) is 17.1 Å². The molecule has 1 unspecified atom stereocenters. The fraction of sp³-hybridized carbons (Fsp3) is 0.250. The number of carbonyl (C=O) groups is 1. The number of nitrogens with zero attached hydrogens (tertiary/aromatic N) is 1. The Labute approximate surface area is 139 Å². The molecule has 2 aromatic rings. The molecule has 6 heteroatoms. The molecule has 1 amide bonds. The van der Waals surface area contributed by atoms with Crippen LogP contribution in [-0.4, -0.2) is 16.0 Å². The van der Waals surface area contributed by atoms with Crippen LogP contribution in [0.5, 0.6) is 0 Å². The summed E-state index contributed by atoms with van der Waals surface area (Å²) in [6.07, 6.45) is 0. The van der Waals surface area contributed by atoms with Gasteiger partial charge in [-0.2, -0.15) is 0 Å². The maximum absolute atomic E-state index is 12.5. The quantitative estimate of drug-likeness (QED) is 0.668. The van der Waals surface area contributed by atoms with Crippen molar-refractivity contribution in [3.63, 3.8) is 0 Å². The predicted molar refractivity (Wildman–Crippen MR) is 94.7 cm³/mol. The van der Waals surface area contributed by atoms with E-state index in [1.807, 2.05) is 56.5 Å². The monoisotopic (exact) mass is 333 g/mol. The molecule has 1 atom stereocenters. The van der Waals surface area contributed by atoms with Crippen LogP contribution in [0.2, 0.25) is 0 Å². The molecule has 0 spiro atoms. The molecule has 0 bridgehead atoms. The van der Waals surface area contributed by atoms with E-state index in [9.17, 15) is 4.79 Å². The van der Waals surface area contributed by atoms with Gasteiger partial charge in [-0.3, -0.25) is 15.2 Å². The first-order valence-electron chi connectivity index (χ1n) is 6.91. The topological polar surface area (TPSA) is 58.4 Å². The fourth-order valence-corrected chi connectivity index (χ4v) is 3.20. The molecule has 116 valence electrons. The molecule has 0 saturated carbocycles. The van der Waals surface area contributed by atoms with Gasteiger partial charge in [0.1, 0.15) is 0 Å². The summed E-state index contributed by atoms with van der Waals surface area (Å²) in [5.74, 6) is -0.197. The molecule has 0 aliphatic carbocycles. The fourth-order valence-electron chi connectivity index (χ4n) is 2.13. The molecule has 0 aliphatic heterocycles. The van der Waals surface area contributed by atoms with Crippen LogP contribution in [0.3, 0.4) is 0 Å². The van der Waals surface area contributed by atoms with Crippen LogP contribution in [-0.2, 0) is 0 Å². The number of benzene rings is 1. The van der Waals surface area contributed by atoms with Crippen molar-refractivity contribution in [2.75, 3.05) is 0 Å². The molecule has 3 N–H and O–H groups in total. The van der Waals surface area contributed by atoms with E-state index in [1.165, 1.54) is 5.01 Å². The average Bonchev–Trinajstić information content (AvgIpc) is 2.84. The second-order valence-electron chi connectivity index (χ2n) is 5.07. The minimum atomic E-state index is -0.197. The third kappa shape index (κ3) is 3.45. The van der Waals surface area contributed by atoms with Gasteiger partial charge in [-0.25, -0.2) is 0 Å². The van der Waals surface area contributed by atoms with Crippen LogP contribution in [0.4, 0.5) is 0 Å². The summed E-state index contributed by atoms with van der Waals surface area (Å²) in [6, 6.07) is 9.62. The summed E-state index contributed by atoms with van der Waals surface area (Å²) in [5, 5.41) is 3.51. The van der Waals surface area contributed by atoms with Crippen molar-refractivity contribution in [2.24, 2.45) is 5.73 Å². The Kier molecular flexibility index (Phi) is 5.15. The number of carbonyl (C=O) groups excluding carboxylic acids is 1. The van der Waals surface area contributed by atoms with Gasteiger partial charge in [0.05, 0.1) is 11.6 Å². The molecule has 2 rings (SSSR count). The van der Waals surface area contributed by atoms with E-state index >= 15 is 0 Å². The van der Waals surface area contributed by atoms with Crippen molar-refractivity contribution in [2.45, 2.75) is 26.8 Å². The number of thiocarbonyl (C=S) groups is 1. The lowest BCUT2D eigenvalue weighted by molar-refractivity contribution is 0.0840. The Bertz CT molecular complexity index is 682. The number of hydrogen-bond donors (Lipinski definition) is 2. The van der Waals surface area contributed by atoms with Crippen molar-refractivity contribution in [1.29, 1.82) is 0 Å². The molecule has 0 saturated heterocycles. The molecular formula is C16H19N3OS2. The van der Waals surface area contributed by atoms with E-state index in [0.29, 0.717) is 5.56 Å². The smallest absolute Gasteiger partial charge is 0.271 e. The van der Waals surface area contributed by atoms with Crippen LogP contribution < -0.4 is 11.2 Å². The van der Waals surface area contributed by atoms with Crippen LogP contribution >= 0.6 is 23.6 Å². The largest absolute Gasteiger partial charge is 0.375 e. The van der Waals surface area contributed by atoms with Crippen LogP contribution in [0.15, 0.2) is 35.7 Å². The van der Waals surface area contributed by atoms with Gasteiger partial charge in [0.25, 0.3) is 5.91 Å². The predicted octanol–water partition coefficient (Wildman–Crippen LogP) is 3.32. The Morgan fingerprint density at radius 3 is 2.45 bits per heavy atom. The Morgan fingerprint density at radius 2 is 1.95 bits per heavy atom. The number of hydrazine groups is 1. The van der Waals surface area contributed by atoms with Crippen LogP contribution in [0, 0.1) is 13.8 Å². The molecule has 0 fully saturated rings. The molecule has 0 radical (unpaired) electrons. The normalized spacial score (nSPS) is 11.8. The van der Waals surface area contributed by atoms with Gasteiger partial charge in [0.15, 0.2) is 5.11 Å². The molecule has 1 aromatic carbocycles. The van der Waals surface area contributed by atoms with Gasteiger partial charge in [0.2, 0.25) is 0 Å². The lowest BCUT2D eigenvalue weighted by Crippen LogP contribution is -2.49. The minimum Gasteiger partial charge on any atom is -0.375 e. The second kappa shape index (κ2) is 6.89. The van der Waals surface area contributed by atoms with Crippen molar-refractivity contribution < 1.29 is 4.79 Å². The third-order valence-electron chi connectivity index (χ3n) is 3.66. The van der Waals surface area contributed by atoms with E-state index in [2.05, 4.69) is 5.43 Å². The number of thiophene rings is 1. The molecule has 1 heterocycles. The molecule has 1 aromatic heterocycles. The number of hydrogen-bond acceptors (Lipinski definition) is 3. The van der Waals surface area contributed by atoms with E-state index in [4.69, 9.17) is 18.0 Å². The summed E-state index contributed by atoms with van der Waals surface area (Å²) in [4.78, 5) is 13.6. The summed E-state index contributed by atoms with van der Waals surface area (Å²) >= 11 is 6.65.